The number of halogens is 1. The van der Waals surface area contributed by atoms with Crippen molar-refractivity contribution in [3.05, 3.63) is 83.7 Å². The number of hydrogen-bond donors (Lipinski definition) is 2. The Morgan fingerprint density at radius 2 is 1.94 bits per heavy atom. The molecule has 0 aliphatic rings. The van der Waals surface area contributed by atoms with Crippen LogP contribution in [0.1, 0.15) is 21.6 Å². The van der Waals surface area contributed by atoms with E-state index in [0.717, 1.165) is 16.7 Å². The quantitative estimate of drug-likeness (QED) is 0.420. The van der Waals surface area contributed by atoms with E-state index in [9.17, 15) is 9.18 Å². The molecule has 0 aliphatic heterocycles. The second-order valence-corrected chi connectivity index (χ2v) is 7.90. The van der Waals surface area contributed by atoms with Crippen molar-refractivity contribution in [2.45, 2.75) is 13.5 Å². The van der Waals surface area contributed by atoms with Gasteiger partial charge in [0.25, 0.3) is 5.91 Å². The van der Waals surface area contributed by atoms with Crippen LogP contribution >= 0.6 is 0 Å². The topological polar surface area (TPSA) is 116 Å². The van der Waals surface area contributed by atoms with Crippen molar-refractivity contribution in [3.8, 4) is 22.4 Å². The molecule has 3 N–H and O–H groups in total. The minimum Gasteiger partial charge on any atom is -0.366 e. The Bertz CT molecular complexity index is 1540. The first kappa shape index (κ1) is 21.3. The van der Waals surface area contributed by atoms with E-state index in [1.165, 1.54) is 12.1 Å². The molecule has 0 saturated heterocycles. The molecule has 0 unspecified atom stereocenters. The summed E-state index contributed by atoms with van der Waals surface area (Å²) in [6, 6.07) is 11.7. The van der Waals surface area contributed by atoms with Gasteiger partial charge in [-0.15, -0.1) is 5.10 Å². The number of hydrogen-bond acceptors (Lipinski definition) is 6. The first-order valence-corrected chi connectivity index (χ1v) is 10.5. The number of amides is 1. The third-order valence-electron chi connectivity index (χ3n) is 5.52. The highest BCUT2D eigenvalue weighted by atomic mass is 19.1. The Kier molecular flexibility index (Phi) is 5.25. The number of nitrogen functional groups attached to an aromatic ring is 1. The molecule has 0 fully saturated rings. The normalized spacial score (nSPS) is 11.1. The van der Waals surface area contributed by atoms with Crippen LogP contribution in [0.15, 0.2) is 61.1 Å². The lowest BCUT2D eigenvalue weighted by atomic mass is 10.0. The fraction of sp³-hybridized carbons (Fsp3) is 0.125. The standard InChI is InChI=1S/C24H21FN8O/c1-14-20(10-16(12-27-14)15-5-8-33-22(11-15)29-24(26)31-33)23(34)28-13-17-9-18(25)3-4-19(17)21-6-7-32(2)30-21/h3-12H,13H2,1-2H3,(H2,26,31)(H,28,34). The molecule has 0 saturated carbocycles. The van der Waals surface area contributed by atoms with E-state index >= 15 is 0 Å². The van der Waals surface area contributed by atoms with E-state index in [4.69, 9.17) is 5.73 Å². The van der Waals surface area contributed by atoms with Gasteiger partial charge in [0, 0.05) is 43.3 Å². The third-order valence-corrected chi connectivity index (χ3v) is 5.52. The number of nitrogens with zero attached hydrogens (tertiary/aromatic N) is 6. The maximum absolute atomic E-state index is 14.0. The van der Waals surface area contributed by atoms with Gasteiger partial charge in [0.1, 0.15) is 5.82 Å². The number of rotatable bonds is 5. The predicted molar refractivity (Wildman–Crippen MR) is 125 cm³/mol. The van der Waals surface area contributed by atoms with Crippen LogP contribution in [-0.4, -0.2) is 35.3 Å². The van der Waals surface area contributed by atoms with Crippen LogP contribution in [0.4, 0.5) is 10.3 Å². The molecule has 1 aromatic carbocycles. The first-order valence-electron chi connectivity index (χ1n) is 10.5. The van der Waals surface area contributed by atoms with Crippen molar-refractivity contribution < 1.29 is 9.18 Å². The molecule has 4 aromatic heterocycles. The average Bonchev–Trinajstić information content (AvgIpc) is 3.41. The number of aromatic nitrogens is 6. The van der Waals surface area contributed by atoms with Gasteiger partial charge in [-0.3, -0.25) is 14.5 Å². The second kappa shape index (κ2) is 8.39. The number of nitrogens with two attached hydrogens (primary N) is 1. The van der Waals surface area contributed by atoms with Gasteiger partial charge in [0.2, 0.25) is 5.95 Å². The summed E-state index contributed by atoms with van der Waals surface area (Å²) < 4.78 is 17.2. The van der Waals surface area contributed by atoms with Crippen molar-refractivity contribution in [2.24, 2.45) is 7.05 Å². The van der Waals surface area contributed by atoms with E-state index < -0.39 is 0 Å². The van der Waals surface area contributed by atoms with Crippen LogP contribution < -0.4 is 11.1 Å². The van der Waals surface area contributed by atoms with Gasteiger partial charge >= 0.3 is 0 Å². The zero-order chi connectivity index (χ0) is 23.8. The van der Waals surface area contributed by atoms with Crippen molar-refractivity contribution in [3.63, 3.8) is 0 Å². The molecular formula is C24H21FN8O. The van der Waals surface area contributed by atoms with Crippen molar-refractivity contribution in [1.29, 1.82) is 0 Å². The summed E-state index contributed by atoms with van der Waals surface area (Å²) in [5, 5.41) is 11.3. The molecule has 1 amide bonds. The summed E-state index contributed by atoms with van der Waals surface area (Å²) in [5.41, 5.74) is 10.9. The lowest BCUT2D eigenvalue weighted by Crippen LogP contribution is -2.24. The maximum atomic E-state index is 14.0. The van der Waals surface area contributed by atoms with Crippen LogP contribution in [0, 0.1) is 12.7 Å². The highest BCUT2D eigenvalue weighted by Crippen LogP contribution is 2.24. The molecule has 5 aromatic rings. The summed E-state index contributed by atoms with van der Waals surface area (Å²) in [5.74, 6) is -0.508. The largest absolute Gasteiger partial charge is 0.366 e. The van der Waals surface area contributed by atoms with Gasteiger partial charge < -0.3 is 11.1 Å². The zero-order valence-corrected chi connectivity index (χ0v) is 18.5. The fourth-order valence-electron chi connectivity index (χ4n) is 3.79. The van der Waals surface area contributed by atoms with Gasteiger partial charge in [-0.1, -0.05) is 0 Å². The SMILES string of the molecule is Cc1ncc(-c2ccn3nc(N)nc3c2)cc1C(=O)NCc1cc(F)ccc1-c1ccn(C)n1. The Hall–Kier alpha value is -4.60. The molecule has 0 atom stereocenters. The third kappa shape index (κ3) is 4.08. The second-order valence-electron chi connectivity index (χ2n) is 7.90. The Labute approximate surface area is 194 Å². The summed E-state index contributed by atoms with van der Waals surface area (Å²) >= 11 is 0. The monoisotopic (exact) mass is 456 g/mol. The van der Waals surface area contributed by atoms with Gasteiger partial charge in [-0.05, 0) is 60.5 Å². The lowest BCUT2D eigenvalue weighted by Gasteiger charge is -2.12. The van der Waals surface area contributed by atoms with Crippen molar-refractivity contribution >= 4 is 17.5 Å². The number of aryl methyl sites for hydroxylation is 2. The summed E-state index contributed by atoms with van der Waals surface area (Å²) in [4.78, 5) is 21.6. The van der Waals surface area contributed by atoms with Crippen LogP contribution in [0.2, 0.25) is 0 Å². The zero-order valence-electron chi connectivity index (χ0n) is 18.5. The number of carbonyl (C=O) groups excluding carboxylic acids is 1. The molecule has 0 bridgehead atoms. The molecule has 10 heteroatoms. The van der Waals surface area contributed by atoms with Crippen molar-refractivity contribution in [2.75, 3.05) is 5.73 Å². The summed E-state index contributed by atoms with van der Waals surface area (Å²) in [6.07, 6.45) is 5.26. The van der Waals surface area contributed by atoms with E-state index in [-0.39, 0.29) is 24.2 Å². The van der Waals surface area contributed by atoms with Gasteiger partial charge in [0.15, 0.2) is 5.65 Å². The van der Waals surface area contributed by atoms with Crippen LogP contribution in [0.3, 0.4) is 0 Å². The number of fused-ring (bicyclic) bond motifs is 1. The molecule has 5 rings (SSSR count). The highest BCUT2D eigenvalue weighted by molar-refractivity contribution is 5.96. The van der Waals surface area contributed by atoms with Gasteiger partial charge in [0.05, 0.1) is 17.0 Å². The summed E-state index contributed by atoms with van der Waals surface area (Å²) in [7, 11) is 1.81. The van der Waals surface area contributed by atoms with E-state index in [1.807, 2.05) is 31.4 Å². The minimum absolute atomic E-state index is 0.136. The van der Waals surface area contributed by atoms with E-state index in [1.54, 1.807) is 40.6 Å². The Morgan fingerprint density at radius 1 is 1.09 bits per heavy atom. The molecule has 0 aliphatic carbocycles. The number of carbonyl (C=O) groups is 1. The van der Waals surface area contributed by atoms with Crippen LogP contribution in [-0.2, 0) is 13.6 Å². The van der Waals surface area contributed by atoms with Gasteiger partial charge in [-0.25, -0.2) is 8.91 Å². The molecule has 34 heavy (non-hydrogen) atoms. The average molecular weight is 456 g/mol. The van der Waals surface area contributed by atoms with E-state index in [0.29, 0.717) is 28.2 Å². The molecule has 4 heterocycles. The van der Waals surface area contributed by atoms with Crippen molar-refractivity contribution in [1.82, 2.24) is 34.7 Å². The predicted octanol–water partition coefficient (Wildman–Crippen LogP) is 3.15. The Balaban J connectivity index is 1.41. The molecule has 170 valence electrons. The molecule has 9 nitrogen and oxygen atoms in total. The summed E-state index contributed by atoms with van der Waals surface area (Å²) in [6.45, 7) is 1.90. The number of nitrogens with one attached hydrogen (secondary N) is 1. The minimum atomic E-state index is -0.381. The molecular weight excluding hydrogens is 435 g/mol. The maximum Gasteiger partial charge on any atom is 0.253 e. The lowest BCUT2D eigenvalue weighted by molar-refractivity contribution is 0.0950. The highest BCUT2D eigenvalue weighted by Gasteiger charge is 2.15. The number of benzene rings is 1. The van der Waals surface area contributed by atoms with Crippen LogP contribution in [0.5, 0.6) is 0 Å². The molecule has 0 radical (unpaired) electrons. The number of pyridine rings is 2. The van der Waals surface area contributed by atoms with Gasteiger partial charge in [-0.2, -0.15) is 10.1 Å². The van der Waals surface area contributed by atoms with E-state index in [2.05, 4.69) is 25.5 Å². The number of anilines is 1. The van der Waals surface area contributed by atoms with Crippen LogP contribution in [0.25, 0.3) is 28.0 Å². The fourth-order valence-corrected chi connectivity index (χ4v) is 3.79. The Morgan fingerprint density at radius 3 is 2.74 bits per heavy atom. The first-order chi connectivity index (χ1) is 16.4. The molecule has 0 spiro atoms. The smallest absolute Gasteiger partial charge is 0.253 e.